The summed E-state index contributed by atoms with van der Waals surface area (Å²) in [5, 5.41) is 13.9. The summed E-state index contributed by atoms with van der Waals surface area (Å²) in [5.74, 6) is 1.34. The largest absolute Gasteiger partial charge is 0.497 e. The molecular formula is C17H16O3S. The molecule has 0 fully saturated rings. The maximum absolute atomic E-state index is 10.7. The van der Waals surface area contributed by atoms with Gasteiger partial charge in [-0.05, 0) is 34.5 Å². The summed E-state index contributed by atoms with van der Waals surface area (Å²) in [6, 6.07) is 13.5. The monoisotopic (exact) mass is 300 g/mol. The molecule has 0 radical (unpaired) electrons. The normalized spacial score (nSPS) is 12.3. The van der Waals surface area contributed by atoms with Crippen LogP contribution in [0.15, 0.2) is 47.8 Å². The molecule has 1 unspecified atom stereocenters. The summed E-state index contributed by atoms with van der Waals surface area (Å²) in [4.78, 5) is 0. The first-order valence-electron chi connectivity index (χ1n) is 6.60. The average molecular weight is 300 g/mol. The molecule has 1 atom stereocenters. The number of hydrogen-bond acceptors (Lipinski definition) is 4. The SMILES string of the molecule is COc1cc(OC)cc(C(O)c2cccc3ccsc23)c1. The van der Waals surface area contributed by atoms with Crippen LogP contribution in [0, 0.1) is 0 Å². The lowest BCUT2D eigenvalue weighted by Gasteiger charge is -2.15. The smallest absolute Gasteiger partial charge is 0.122 e. The molecule has 0 aliphatic rings. The Kier molecular flexibility index (Phi) is 3.82. The van der Waals surface area contributed by atoms with E-state index in [9.17, 15) is 5.11 Å². The van der Waals surface area contributed by atoms with E-state index in [4.69, 9.17) is 9.47 Å². The molecule has 1 N–H and O–H groups in total. The lowest BCUT2D eigenvalue weighted by molar-refractivity contribution is 0.221. The van der Waals surface area contributed by atoms with Gasteiger partial charge < -0.3 is 14.6 Å². The molecule has 0 amide bonds. The highest BCUT2D eigenvalue weighted by molar-refractivity contribution is 7.17. The minimum Gasteiger partial charge on any atom is -0.497 e. The third-order valence-electron chi connectivity index (χ3n) is 3.49. The minimum absolute atomic E-state index is 0.668. The van der Waals surface area contributed by atoms with E-state index in [0.29, 0.717) is 11.5 Å². The van der Waals surface area contributed by atoms with Crippen LogP contribution >= 0.6 is 11.3 Å². The van der Waals surface area contributed by atoms with Crippen LogP contribution in [0.1, 0.15) is 17.2 Å². The third-order valence-corrected chi connectivity index (χ3v) is 4.47. The van der Waals surface area contributed by atoms with Crippen molar-refractivity contribution >= 4 is 21.4 Å². The maximum atomic E-state index is 10.7. The molecule has 3 aromatic rings. The van der Waals surface area contributed by atoms with Crippen molar-refractivity contribution in [1.29, 1.82) is 0 Å². The number of hydrogen-bond donors (Lipinski definition) is 1. The van der Waals surface area contributed by atoms with Gasteiger partial charge in [-0.1, -0.05) is 18.2 Å². The number of aliphatic hydroxyl groups excluding tert-OH is 1. The number of thiophene rings is 1. The van der Waals surface area contributed by atoms with Crippen LogP contribution in [0.25, 0.3) is 10.1 Å². The summed E-state index contributed by atoms with van der Waals surface area (Å²) < 4.78 is 11.6. The summed E-state index contributed by atoms with van der Waals surface area (Å²) in [6.45, 7) is 0. The summed E-state index contributed by atoms with van der Waals surface area (Å²) >= 11 is 1.63. The number of aliphatic hydroxyl groups is 1. The predicted octanol–water partition coefficient (Wildman–Crippen LogP) is 4.00. The maximum Gasteiger partial charge on any atom is 0.122 e. The fraction of sp³-hybridized carbons (Fsp3) is 0.176. The van der Waals surface area contributed by atoms with Crippen molar-refractivity contribution < 1.29 is 14.6 Å². The second-order valence-corrected chi connectivity index (χ2v) is 5.65. The highest BCUT2D eigenvalue weighted by Crippen LogP contribution is 2.35. The molecule has 21 heavy (non-hydrogen) atoms. The van der Waals surface area contributed by atoms with Gasteiger partial charge in [0.1, 0.15) is 17.6 Å². The van der Waals surface area contributed by atoms with Gasteiger partial charge in [0.05, 0.1) is 14.2 Å². The molecule has 3 rings (SSSR count). The minimum atomic E-state index is -0.712. The van der Waals surface area contributed by atoms with Gasteiger partial charge in [0.15, 0.2) is 0 Å². The van der Waals surface area contributed by atoms with Crippen LogP contribution < -0.4 is 9.47 Å². The molecule has 0 spiro atoms. The van der Waals surface area contributed by atoms with Gasteiger partial charge in [-0.15, -0.1) is 11.3 Å². The number of ether oxygens (including phenoxy) is 2. The topological polar surface area (TPSA) is 38.7 Å². The lowest BCUT2D eigenvalue weighted by Crippen LogP contribution is -2.01. The van der Waals surface area contributed by atoms with Crippen molar-refractivity contribution in [2.45, 2.75) is 6.10 Å². The molecule has 4 heteroatoms. The first-order chi connectivity index (χ1) is 10.2. The van der Waals surface area contributed by atoms with Gasteiger partial charge >= 0.3 is 0 Å². The van der Waals surface area contributed by atoms with Crippen LogP contribution in [0.4, 0.5) is 0 Å². The van der Waals surface area contributed by atoms with Gasteiger partial charge in [-0.3, -0.25) is 0 Å². The quantitative estimate of drug-likeness (QED) is 0.791. The van der Waals surface area contributed by atoms with Crippen LogP contribution in [0.3, 0.4) is 0 Å². The predicted molar refractivity (Wildman–Crippen MR) is 85.4 cm³/mol. The molecule has 1 aromatic heterocycles. The second-order valence-electron chi connectivity index (χ2n) is 4.73. The van der Waals surface area contributed by atoms with Crippen molar-refractivity contribution in [2.24, 2.45) is 0 Å². The zero-order valence-corrected chi connectivity index (χ0v) is 12.7. The zero-order chi connectivity index (χ0) is 14.8. The molecule has 1 heterocycles. The Morgan fingerprint density at radius 3 is 2.38 bits per heavy atom. The van der Waals surface area contributed by atoms with Gasteiger partial charge in [0.25, 0.3) is 0 Å². The number of rotatable bonds is 4. The first kappa shape index (κ1) is 13.9. The van der Waals surface area contributed by atoms with E-state index in [1.807, 2.05) is 35.7 Å². The molecule has 0 bridgehead atoms. The van der Waals surface area contributed by atoms with Crippen LogP contribution in [0.2, 0.25) is 0 Å². The van der Waals surface area contributed by atoms with E-state index in [2.05, 4.69) is 6.07 Å². The molecule has 2 aromatic carbocycles. The van der Waals surface area contributed by atoms with Crippen LogP contribution in [0.5, 0.6) is 11.5 Å². The standard InChI is InChI=1S/C17H16O3S/c1-19-13-8-12(9-14(10-13)20-2)16(18)15-5-3-4-11-6-7-21-17(11)15/h3-10,16,18H,1-2H3. The Morgan fingerprint density at radius 1 is 1.00 bits per heavy atom. The summed E-state index contributed by atoms with van der Waals surface area (Å²) in [6.07, 6.45) is -0.712. The Bertz CT molecular complexity index is 741. The van der Waals surface area contributed by atoms with Crippen molar-refractivity contribution in [2.75, 3.05) is 14.2 Å². The highest BCUT2D eigenvalue weighted by Gasteiger charge is 2.16. The number of fused-ring (bicyclic) bond motifs is 1. The highest BCUT2D eigenvalue weighted by atomic mass is 32.1. The van der Waals surface area contributed by atoms with E-state index < -0.39 is 6.10 Å². The molecule has 108 valence electrons. The molecule has 0 saturated heterocycles. The van der Waals surface area contributed by atoms with Crippen molar-refractivity contribution in [1.82, 2.24) is 0 Å². The van der Waals surface area contributed by atoms with Crippen molar-refractivity contribution in [3.8, 4) is 11.5 Å². The molecule has 0 aliphatic carbocycles. The van der Waals surface area contributed by atoms with E-state index in [1.54, 1.807) is 31.6 Å². The number of benzene rings is 2. The van der Waals surface area contributed by atoms with Crippen molar-refractivity contribution in [3.63, 3.8) is 0 Å². The van der Waals surface area contributed by atoms with E-state index in [0.717, 1.165) is 21.2 Å². The van der Waals surface area contributed by atoms with E-state index in [1.165, 1.54) is 0 Å². The van der Waals surface area contributed by atoms with Gasteiger partial charge in [-0.25, -0.2) is 0 Å². The fourth-order valence-corrected chi connectivity index (χ4v) is 3.34. The van der Waals surface area contributed by atoms with E-state index in [-0.39, 0.29) is 0 Å². The van der Waals surface area contributed by atoms with Crippen LogP contribution in [-0.4, -0.2) is 19.3 Å². The molecule has 3 nitrogen and oxygen atoms in total. The Morgan fingerprint density at radius 2 is 1.71 bits per heavy atom. The summed E-state index contributed by atoms with van der Waals surface area (Å²) in [5.41, 5.74) is 1.66. The van der Waals surface area contributed by atoms with Gasteiger partial charge in [0, 0.05) is 16.3 Å². The zero-order valence-electron chi connectivity index (χ0n) is 11.9. The summed E-state index contributed by atoms with van der Waals surface area (Å²) in [7, 11) is 3.20. The van der Waals surface area contributed by atoms with Gasteiger partial charge in [0.2, 0.25) is 0 Å². The Hall–Kier alpha value is -2.04. The third kappa shape index (κ3) is 2.60. The van der Waals surface area contributed by atoms with E-state index >= 15 is 0 Å². The molecule has 0 saturated carbocycles. The molecule has 0 aliphatic heterocycles. The Labute approximate surface area is 127 Å². The Balaban J connectivity index is 2.09. The van der Waals surface area contributed by atoms with Gasteiger partial charge in [-0.2, -0.15) is 0 Å². The molecular weight excluding hydrogens is 284 g/mol. The average Bonchev–Trinajstić information content (AvgIpc) is 3.02. The fourth-order valence-electron chi connectivity index (χ4n) is 2.40. The first-order valence-corrected chi connectivity index (χ1v) is 7.48. The van der Waals surface area contributed by atoms with Crippen molar-refractivity contribution in [3.05, 3.63) is 59.0 Å². The van der Waals surface area contributed by atoms with Crippen LogP contribution in [-0.2, 0) is 0 Å². The second kappa shape index (κ2) is 5.76. The number of methoxy groups -OCH3 is 2. The lowest BCUT2D eigenvalue weighted by atomic mass is 10.00.